The van der Waals surface area contributed by atoms with E-state index in [4.69, 9.17) is 32.4 Å². The van der Waals surface area contributed by atoms with Crippen molar-refractivity contribution < 1.29 is 23.8 Å². The number of aromatic nitrogens is 2. The zero-order chi connectivity index (χ0) is 30.8. The van der Waals surface area contributed by atoms with Gasteiger partial charge in [0.25, 0.3) is 5.78 Å². The summed E-state index contributed by atoms with van der Waals surface area (Å²) in [7, 11) is 0. The fourth-order valence-corrected chi connectivity index (χ4v) is 7.11. The minimum absolute atomic E-state index is 0.115. The monoisotopic (exact) mass is 663 g/mol. The lowest BCUT2D eigenvalue weighted by Crippen LogP contribution is -2.29. The van der Waals surface area contributed by atoms with E-state index in [2.05, 4.69) is 10.2 Å². The molecule has 0 aliphatic carbocycles. The molecule has 1 saturated heterocycles. The number of hydrogen-bond acceptors (Lipinski definition) is 9. The molecule has 44 heavy (non-hydrogen) atoms. The van der Waals surface area contributed by atoms with Gasteiger partial charge in [-0.2, -0.15) is 0 Å². The van der Waals surface area contributed by atoms with Crippen LogP contribution in [0.3, 0.4) is 0 Å². The van der Waals surface area contributed by atoms with Gasteiger partial charge in [-0.3, -0.25) is 14.5 Å². The van der Waals surface area contributed by atoms with Crippen molar-refractivity contribution in [3.8, 4) is 5.75 Å². The number of anilines is 1. The Morgan fingerprint density at radius 2 is 1.82 bits per heavy atom. The molecule has 12 heteroatoms. The molecular formula is C32H23Cl2N3O5S2. The Kier molecular flexibility index (Phi) is 8.76. The first kappa shape index (κ1) is 30.0. The number of rotatable bonds is 9. The summed E-state index contributed by atoms with van der Waals surface area (Å²) in [6.07, 6.45) is 1.44. The van der Waals surface area contributed by atoms with Crippen LogP contribution >= 0.6 is 46.3 Å². The van der Waals surface area contributed by atoms with Crippen LogP contribution in [0.4, 0.5) is 5.13 Å². The largest absolute Gasteiger partial charge is 0.507 e. The lowest BCUT2D eigenvalue weighted by atomic mass is 9.99. The molecule has 1 fully saturated rings. The molecule has 1 amide bonds. The number of carbonyl (C=O) groups excluding carboxylic acids is 2. The molecule has 0 spiro atoms. The molecule has 5 aromatic rings. The molecular weight excluding hydrogens is 641 g/mol. The lowest BCUT2D eigenvalue weighted by Gasteiger charge is -2.20. The van der Waals surface area contributed by atoms with E-state index in [0.29, 0.717) is 43.8 Å². The first-order valence-corrected chi connectivity index (χ1v) is 15.9. The molecule has 1 N–H and O–H groups in total. The predicted molar refractivity (Wildman–Crippen MR) is 171 cm³/mol. The highest BCUT2D eigenvalue weighted by molar-refractivity contribution is 8.00. The normalized spacial score (nSPS) is 16.1. The Hall–Kier alpha value is -4.09. The zero-order valence-electron chi connectivity index (χ0n) is 23.1. The Labute approximate surface area is 270 Å². The van der Waals surface area contributed by atoms with Crippen molar-refractivity contribution in [3.05, 3.63) is 129 Å². The van der Waals surface area contributed by atoms with Gasteiger partial charge in [0.15, 0.2) is 4.34 Å². The van der Waals surface area contributed by atoms with Crippen LogP contribution in [0.25, 0.3) is 5.76 Å². The molecule has 222 valence electrons. The molecule has 1 unspecified atom stereocenters. The van der Waals surface area contributed by atoms with E-state index in [1.807, 2.05) is 37.3 Å². The maximum atomic E-state index is 13.4. The van der Waals surface area contributed by atoms with E-state index in [-0.39, 0.29) is 16.5 Å². The van der Waals surface area contributed by atoms with Gasteiger partial charge in [0.1, 0.15) is 29.9 Å². The maximum Gasteiger partial charge on any atom is 0.302 e. The predicted octanol–water partition coefficient (Wildman–Crippen LogP) is 8.24. The van der Waals surface area contributed by atoms with Crippen LogP contribution in [0.15, 0.2) is 99.5 Å². The van der Waals surface area contributed by atoms with Gasteiger partial charge in [-0.1, -0.05) is 76.6 Å². The van der Waals surface area contributed by atoms with Gasteiger partial charge < -0.3 is 14.3 Å². The number of ether oxygens (including phenoxy) is 1. The summed E-state index contributed by atoms with van der Waals surface area (Å²) >= 11 is 14.8. The molecule has 2 aromatic heterocycles. The van der Waals surface area contributed by atoms with Crippen molar-refractivity contribution in [1.29, 1.82) is 0 Å². The third-order valence-electron chi connectivity index (χ3n) is 7.01. The molecule has 0 bridgehead atoms. The minimum Gasteiger partial charge on any atom is -0.507 e. The number of amides is 1. The maximum absolute atomic E-state index is 13.4. The van der Waals surface area contributed by atoms with Crippen LogP contribution in [-0.4, -0.2) is 27.0 Å². The third kappa shape index (κ3) is 6.11. The highest BCUT2D eigenvalue weighted by Gasteiger charge is 2.49. The van der Waals surface area contributed by atoms with Crippen LogP contribution in [0, 0.1) is 6.92 Å². The van der Waals surface area contributed by atoms with E-state index < -0.39 is 17.7 Å². The fraction of sp³-hybridized carbons (Fsp3) is 0.125. The quantitative estimate of drug-likeness (QED) is 0.0552. The van der Waals surface area contributed by atoms with Crippen molar-refractivity contribution in [2.24, 2.45) is 0 Å². The van der Waals surface area contributed by atoms with Crippen LogP contribution < -0.4 is 9.64 Å². The second kappa shape index (κ2) is 12.9. The van der Waals surface area contributed by atoms with Crippen LogP contribution in [0.2, 0.25) is 10.0 Å². The van der Waals surface area contributed by atoms with Gasteiger partial charge in [-0.05, 0) is 72.1 Å². The molecule has 3 aromatic carbocycles. The summed E-state index contributed by atoms with van der Waals surface area (Å²) in [6, 6.07) is 22.1. The topological polar surface area (TPSA) is 106 Å². The molecule has 0 saturated carbocycles. The summed E-state index contributed by atoms with van der Waals surface area (Å²) in [5.41, 5.74) is 3.27. The first-order valence-electron chi connectivity index (χ1n) is 13.3. The average molecular weight is 665 g/mol. The van der Waals surface area contributed by atoms with Gasteiger partial charge in [-0.15, -0.1) is 10.2 Å². The van der Waals surface area contributed by atoms with Crippen LogP contribution in [0.5, 0.6) is 5.75 Å². The molecule has 1 aliphatic heterocycles. The Morgan fingerprint density at radius 1 is 1.02 bits per heavy atom. The second-order valence-electron chi connectivity index (χ2n) is 9.80. The lowest BCUT2D eigenvalue weighted by molar-refractivity contribution is -0.132. The second-order valence-corrected chi connectivity index (χ2v) is 12.8. The van der Waals surface area contributed by atoms with Crippen molar-refractivity contribution in [2.45, 2.75) is 29.7 Å². The number of Topliss-reactive ketones (excluding diaryl/α,β-unsaturated/α-hetero) is 1. The van der Waals surface area contributed by atoms with Crippen molar-refractivity contribution in [1.82, 2.24) is 10.2 Å². The first-order chi connectivity index (χ1) is 21.3. The molecule has 3 heterocycles. The Balaban J connectivity index is 1.26. The number of nitrogens with zero attached hydrogens (tertiary/aromatic N) is 3. The number of aliphatic hydroxyl groups is 1. The number of benzene rings is 3. The number of carbonyl (C=O) groups is 2. The molecule has 1 aliphatic rings. The zero-order valence-corrected chi connectivity index (χ0v) is 26.2. The van der Waals surface area contributed by atoms with Gasteiger partial charge in [0, 0.05) is 21.4 Å². The SMILES string of the molecule is Cc1ccccc1COc1ccc(C(O)=C2C(=O)C(=O)N(c3nnc(SCc4ccc(Cl)cc4Cl)s3)C2c2ccco2)cc1. The summed E-state index contributed by atoms with van der Waals surface area (Å²) in [5.74, 6) is -0.668. The van der Waals surface area contributed by atoms with Crippen LogP contribution in [-0.2, 0) is 21.9 Å². The van der Waals surface area contributed by atoms with E-state index in [0.717, 1.165) is 28.0 Å². The molecule has 6 rings (SSSR count). The van der Waals surface area contributed by atoms with Gasteiger partial charge in [-0.25, -0.2) is 0 Å². The van der Waals surface area contributed by atoms with Gasteiger partial charge >= 0.3 is 5.91 Å². The molecule has 1 atom stereocenters. The van der Waals surface area contributed by atoms with E-state index in [1.54, 1.807) is 48.5 Å². The van der Waals surface area contributed by atoms with E-state index in [9.17, 15) is 14.7 Å². The Morgan fingerprint density at radius 3 is 2.55 bits per heavy atom. The summed E-state index contributed by atoms with van der Waals surface area (Å²) in [4.78, 5) is 28.0. The number of aryl methyl sites for hydroxylation is 1. The number of ketones is 1. The van der Waals surface area contributed by atoms with E-state index in [1.165, 1.54) is 22.9 Å². The molecule has 0 radical (unpaired) electrons. The standard InChI is InChI=1S/C32H23Cl2N3O5S2/c1-18-5-2-3-6-20(18)16-42-23-12-9-19(10-13-23)28(38)26-27(25-7-4-14-41-25)37(30(40)29(26)39)31-35-36-32(44-31)43-17-21-8-11-22(33)15-24(21)34/h2-15,27,38H,16-17H2,1H3. The van der Waals surface area contributed by atoms with E-state index >= 15 is 0 Å². The van der Waals surface area contributed by atoms with Crippen molar-refractivity contribution in [3.63, 3.8) is 0 Å². The third-order valence-corrected chi connectivity index (χ3v) is 9.70. The minimum atomic E-state index is -1.04. The van der Waals surface area contributed by atoms with Gasteiger partial charge in [0.2, 0.25) is 5.13 Å². The Bertz CT molecular complexity index is 1870. The number of furan rings is 1. The fourth-order valence-electron chi connectivity index (χ4n) is 4.68. The molecule has 8 nitrogen and oxygen atoms in total. The summed E-state index contributed by atoms with van der Waals surface area (Å²) < 4.78 is 12.1. The van der Waals surface area contributed by atoms with Crippen molar-refractivity contribution >= 4 is 68.9 Å². The number of halogens is 2. The smallest absolute Gasteiger partial charge is 0.302 e. The number of aliphatic hydroxyl groups excluding tert-OH is 1. The highest BCUT2D eigenvalue weighted by atomic mass is 35.5. The van der Waals surface area contributed by atoms with Crippen LogP contribution in [0.1, 0.15) is 34.1 Å². The summed E-state index contributed by atoms with van der Waals surface area (Å²) in [5, 5.41) is 21.1. The number of hydrogen-bond donors (Lipinski definition) is 1. The summed E-state index contributed by atoms with van der Waals surface area (Å²) in [6.45, 7) is 2.40. The average Bonchev–Trinajstić information content (AvgIpc) is 3.77. The number of thioether (sulfide) groups is 1. The van der Waals surface area contributed by atoms with Gasteiger partial charge in [0.05, 0.1) is 11.8 Å². The van der Waals surface area contributed by atoms with Crippen molar-refractivity contribution in [2.75, 3.05) is 4.90 Å². The highest BCUT2D eigenvalue weighted by Crippen LogP contribution is 2.44.